The number of nitrogens with one attached hydrogen (secondary N) is 1. The van der Waals surface area contributed by atoms with E-state index in [4.69, 9.17) is 9.94 Å². The van der Waals surface area contributed by atoms with Crippen LogP contribution in [0, 0.1) is 0 Å². The van der Waals surface area contributed by atoms with E-state index in [0.717, 1.165) is 5.56 Å². The predicted octanol–water partition coefficient (Wildman–Crippen LogP) is 3.17. The van der Waals surface area contributed by atoms with Crippen LogP contribution in [-0.4, -0.2) is 29.2 Å². The molecule has 0 spiro atoms. The first-order chi connectivity index (χ1) is 9.42. The highest BCUT2D eigenvalue weighted by molar-refractivity contribution is 6.00. The summed E-state index contributed by atoms with van der Waals surface area (Å²) >= 11 is 0. The molecule has 0 saturated heterocycles. The predicted molar refractivity (Wildman–Crippen MR) is 78.2 cm³/mol. The Morgan fingerprint density at radius 1 is 1.30 bits per heavy atom. The summed E-state index contributed by atoms with van der Waals surface area (Å²) in [6.45, 7) is 5.95. The zero-order valence-electron chi connectivity index (χ0n) is 12.2. The number of hydrogen-bond donors (Lipinski definition) is 2. The number of hydrogen-bond acceptors (Lipinski definition) is 4. The molecule has 0 atom stereocenters. The van der Waals surface area contributed by atoms with Gasteiger partial charge in [0.1, 0.15) is 0 Å². The van der Waals surface area contributed by atoms with Crippen LogP contribution in [0.15, 0.2) is 35.5 Å². The van der Waals surface area contributed by atoms with Gasteiger partial charge in [0.05, 0.1) is 12.3 Å². The van der Waals surface area contributed by atoms with Crippen molar-refractivity contribution in [1.29, 1.82) is 0 Å². The minimum Gasteiger partial charge on any atom is -0.450 e. The van der Waals surface area contributed by atoms with Gasteiger partial charge >= 0.3 is 6.09 Å². The fourth-order valence-corrected chi connectivity index (χ4v) is 1.63. The second-order valence-corrected chi connectivity index (χ2v) is 5.53. The lowest BCUT2D eigenvalue weighted by Gasteiger charge is -2.19. The molecule has 0 heterocycles. The highest BCUT2D eigenvalue weighted by Crippen LogP contribution is 2.07. The number of rotatable bonds is 5. The molecule has 0 radical (unpaired) electrons. The van der Waals surface area contributed by atoms with Gasteiger partial charge < -0.3 is 15.3 Å². The van der Waals surface area contributed by atoms with E-state index >= 15 is 0 Å². The van der Waals surface area contributed by atoms with Crippen LogP contribution in [0.4, 0.5) is 4.79 Å². The third-order valence-electron chi connectivity index (χ3n) is 2.50. The molecule has 0 bridgehead atoms. The average molecular weight is 278 g/mol. The zero-order valence-corrected chi connectivity index (χ0v) is 12.2. The third-order valence-corrected chi connectivity index (χ3v) is 2.50. The fourth-order valence-electron chi connectivity index (χ4n) is 1.63. The number of benzene rings is 1. The van der Waals surface area contributed by atoms with Gasteiger partial charge in [0.15, 0.2) is 0 Å². The number of carbonyl (C=O) groups excluding carboxylic acids is 1. The number of nitrogens with zero attached hydrogens (tertiary/aromatic N) is 1. The van der Waals surface area contributed by atoms with E-state index in [1.807, 2.05) is 51.1 Å². The van der Waals surface area contributed by atoms with Crippen LogP contribution in [0.5, 0.6) is 0 Å². The fraction of sp³-hybridized carbons (Fsp3) is 0.467. The average Bonchev–Trinajstić information content (AvgIpc) is 2.38. The Morgan fingerprint density at radius 2 is 1.95 bits per heavy atom. The first kappa shape index (κ1) is 16.0. The van der Waals surface area contributed by atoms with Crippen LogP contribution < -0.4 is 5.32 Å². The van der Waals surface area contributed by atoms with Crippen molar-refractivity contribution in [2.24, 2.45) is 5.16 Å². The SMILES string of the molecule is CC(C)(C)NC(=O)OCCC/C(=N\O)c1ccccc1. The lowest BCUT2D eigenvalue weighted by atomic mass is 10.1. The molecule has 0 aromatic heterocycles. The second-order valence-electron chi connectivity index (χ2n) is 5.53. The van der Waals surface area contributed by atoms with Gasteiger partial charge in [-0.15, -0.1) is 0 Å². The van der Waals surface area contributed by atoms with Crippen molar-refractivity contribution < 1.29 is 14.7 Å². The molecule has 1 aromatic carbocycles. The molecular formula is C15H22N2O3. The Balaban J connectivity index is 2.32. The Labute approximate surface area is 119 Å². The van der Waals surface area contributed by atoms with Crippen molar-refractivity contribution in [1.82, 2.24) is 5.32 Å². The summed E-state index contributed by atoms with van der Waals surface area (Å²) in [5, 5.41) is 15.0. The number of ether oxygens (including phenoxy) is 1. The second kappa shape index (κ2) is 7.53. The largest absolute Gasteiger partial charge is 0.450 e. The van der Waals surface area contributed by atoms with Crippen LogP contribution >= 0.6 is 0 Å². The standard InChI is InChI=1S/C15H22N2O3/c1-15(2,3)16-14(18)20-11-7-10-13(17-19)12-8-5-4-6-9-12/h4-6,8-9,19H,7,10-11H2,1-3H3,(H,16,18)/b17-13+. The Hall–Kier alpha value is -2.04. The summed E-state index contributed by atoms with van der Waals surface area (Å²) < 4.78 is 5.06. The molecule has 5 heteroatoms. The van der Waals surface area contributed by atoms with Gasteiger partial charge in [-0.3, -0.25) is 0 Å². The van der Waals surface area contributed by atoms with Gasteiger partial charge in [-0.1, -0.05) is 35.5 Å². The number of amides is 1. The molecule has 110 valence electrons. The number of oxime groups is 1. The van der Waals surface area contributed by atoms with Gasteiger partial charge in [0.25, 0.3) is 0 Å². The molecule has 0 aliphatic heterocycles. The van der Waals surface area contributed by atoms with Crippen molar-refractivity contribution in [2.45, 2.75) is 39.2 Å². The van der Waals surface area contributed by atoms with Crippen LogP contribution in [0.3, 0.4) is 0 Å². The van der Waals surface area contributed by atoms with E-state index in [-0.39, 0.29) is 12.1 Å². The minimum absolute atomic E-state index is 0.285. The molecule has 0 saturated carbocycles. The van der Waals surface area contributed by atoms with Gasteiger partial charge in [-0.25, -0.2) is 4.79 Å². The van der Waals surface area contributed by atoms with E-state index in [0.29, 0.717) is 18.6 Å². The first-order valence-electron chi connectivity index (χ1n) is 6.63. The van der Waals surface area contributed by atoms with Gasteiger partial charge in [0.2, 0.25) is 0 Å². The number of carbonyl (C=O) groups is 1. The summed E-state index contributed by atoms with van der Waals surface area (Å²) in [5.41, 5.74) is 1.15. The summed E-state index contributed by atoms with van der Waals surface area (Å²) in [6.07, 6.45) is 0.717. The highest BCUT2D eigenvalue weighted by Gasteiger charge is 2.14. The lowest BCUT2D eigenvalue weighted by molar-refractivity contribution is 0.137. The Kier molecular flexibility index (Phi) is 6.03. The smallest absolute Gasteiger partial charge is 0.407 e. The molecule has 1 aromatic rings. The quantitative estimate of drug-likeness (QED) is 0.376. The molecule has 0 aliphatic rings. The van der Waals surface area contributed by atoms with Crippen LogP contribution in [-0.2, 0) is 4.74 Å². The van der Waals surface area contributed by atoms with E-state index < -0.39 is 6.09 Å². The maximum atomic E-state index is 11.4. The molecule has 0 aliphatic carbocycles. The molecule has 2 N–H and O–H groups in total. The van der Waals surface area contributed by atoms with Gasteiger partial charge in [-0.05, 0) is 39.2 Å². The van der Waals surface area contributed by atoms with Crippen molar-refractivity contribution >= 4 is 11.8 Å². The zero-order chi connectivity index (χ0) is 15.0. The van der Waals surface area contributed by atoms with E-state index in [1.54, 1.807) is 0 Å². The summed E-state index contributed by atoms with van der Waals surface area (Å²) in [5.74, 6) is 0. The molecular weight excluding hydrogens is 256 g/mol. The normalized spacial score (nSPS) is 12.1. The van der Waals surface area contributed by atoms with E-state index in [2.05, 4.69) is 10.5 Å². The molecule has 20 heavy (non-hydrogen) atoms. The maximum Gasteiger partial charge on any atom is 0.407 e. The molecule has 1 amide bonds. The van der Waals surface area contributed by atoms with Crippen molar-refractivity contribution in [2.75, 3.05) is 6.61 Å². The first-order valence-corrected chi connectivity index (χ1v) is 6.63. The summed E-state index contributed by atoms with van der Waals surface area (Å²) in [4.78, 5) is 11.4. The van der Waals surface area contributed by atoms with E-state index in [1.165, 1.54) is 0 Å². The molecule has 1 rings (SSSR count). The Morgan fingerprint density at radius 3 is 2.50 bits per heavy atom. The van der Waals surface area contributed by atoms with Crippen LogP contribution in [0.2, 0.25) is 0 Å². The summed E-state index contributed by atoms with van der Waals surface area (Å²) in [6, 6.07) is 9.42. The van der Waals surface area contributed by atoms with Crippen molar-refractivity contribution in [3.05, 3.63) is 35.9 Å². The highest BCUT2D eigenvalue weighted by atomic mass is 16.5. The van der Waals surface area contributed by atoms with Gasteiger partial charge in [-0.2, -0.15) is 0 Å². The third kappa shape index (κ3) is 6.22. The molecule has 0 unspecified atom stereocenters. The number of alkyl carbamates (subject to hydrolysis) is 1. The minimum atomic E-state index is -0.431. The topological polar surface area (TPSA) is 70.9 Å². The van der Waals surface area contributed by atoms with Gasteiger partial charge in [0, 0.05) is 5.54 Å². The van der Waals surface area contributed by atoms with Crippen LogP contribution in [0.1, 0.15) is 39.2 Å². The van der Waals surface area contributed by atoms with E-state index in [9.17, 15) is 4.79 Å². The van der Waals surface area contributed by atoms with Crippen molar-refractivity contribution in [3.8, 4) is 0 Å². The van der Waals surface area contributed by atoms with Crippen LogP contribution in [0.25, 0.3) is 0 Å². The monoisotopic (exact) mass is 278 g/mol. The lowest BCUT2D eigenvalue weighted by Crippen LogP contribution is -2.41. The maximum absolute atomic E-state index is 11.4. The molecule has 0 fully saturated rings. The van der Waals surface area contributed by atoms with Crippen molar-refractivity contribution in [3.63, 3.8) is 0 Å². The Bertz CT molecular complexity index is 450. The summed E-state index contributed by atoms with van der Waals surface area (Å²) in [7, 11) is 0. The molecule has 5 nitrogen and oxygen atoms in total.